The van der Waals surface area contributed by atoms with E-state index in [0.29, 0.717) is 72.4 Å². The van der Waals surface area contributed by atoms with Gasteiger partial charge in [-0.25, -0.2) is 0 Å². The molecule has 0 saturated carbocycles. The van der Waals surface area contributed by atoms with Gasteiger partial charge in [-0.1, -0.05) is 44.2 Å². The Kier molecular flexibility index (Phi) is 12.9. The average molecular weight is 452 g/mol. The highest BCUT2D eigenvalue weighted by molar-refractivity contribution is 5.80. The molecule has 0 unspecified atom stereocenters. The van der Waals surface area contributed by atoms with Crippen LogP contribution in [0.3, 0.4) is 0 Å². The van der Waals surface area contributed by atoms with E-state index in [-0.39, 0.29) is 30.3 Å². The van der Waals surface area contributed by atoms with Crippen LogP contribution >= 0.6 is 0 Å². The second kappa shape index (κ2) is 15.7. The molecule has 2 rings (SSSR count). The van der Waals surface area contributed by atoms with E-state index in [1.807, 2.05) is 37.3 Å². The van der Waals surface area contributed by atoms with E-state index in [1.54, 1.807) is 11.8 Å². The van der Waals surface area contributed by atoms with Crippen molar-refractivity contribution >= 4 is 11.9 Å². The summed E-state index contributed by atoms with van der Waals surface area (Å²) in [4.78, 5) is 27.2. The molecule has 180 valence electrons. The van der Waals surface area contributed by atoms with E-state index in [1.165, 1.54) is 0 Å². The van der Waals surface area contributed by atoms with Gasteiger partial charge in [0.25, 0.3) is 0 Å². The van der Waals surface area contributed by atoms with Crippen LogP contribution < -0.4 is 0 Å². The maximum atomic E-state index is 13.0. The van der Waals surface area contributed by atoms with Crippen molar-refractivity contribution in [3.05, 3.63) is 35.9 Å². The predicted molar refractivity (Wildman–Crippen MR) is 119 cm³/mol. The van der Waals surface area contributed by atoms with Gasteiger partial charge in [0.1, 0.15) is 6.61 Å². The van der Waals surface area contributed by atoms with Gasteiger partial charge in [-0.2, -0.15) is 0 Å². The zero-order chi connectivity index (χ0) is 23.0. The minimum Gasteiger partial charge on any atom is -0.461 e. The van der Waals surface area contributed by atoms with E-state index in [9.17, 15) is 9.59 Å². The third-order valence-electron chi connectivity index (χ3n) is 5.19. The first-order valence-corrected chi connectivity index (χ1v) is 11.4. The van der Waals surface area contributed by atoms with Crippen LogP contribution in [0.25, 0.3) is 0 Å². The van der Waals surface area contributed by atoms with Gasteiger partial charge in [-0.05, 0) is 12.0 Å². The van der Waals surface area contributed by atoms with Gasteiger partial charge >= 0.3 is 5.97 Å². The Morgan fingerprint density at radius 3 is 1.84 bits per heavy atom. The molecule has 0 radical (unpaired) electrons. The van der Waals surface area contributed by atoms with Crippen LogP contribution in [-0.4, -0.2) is 82.7 Å². The van der Waals surface area contributed by atoms with Crippen molar-refractivity contribution in [1.82, 2.24) is 4.90 Å². The van der Waals surface area contributed by atoms with Crippen LogP contribution in [0, 0.1) is 11.8 Å². The maximum absolute atomic E-state index is 13.0. The number of ether oxygens (including phenoxy) is 5. The van der Waals surface area contributed by atoms with E-state index in [2.05, 4.69) is 0 Å². The van der Waals surface area contributed by atoms with Crippen LogP contribution in [0.5, 0.6) is 0 Å². The van der Waals surface area contributed by atoms with E-state index < -0.39 is 0 Å². The number of carbonyl (C=O) groups excluding carboxylic acids is 2. The molecule has 0 aromatic heterocycles. The highest BCUT2D eigenvalue weighted by Gasteiger charge is 2.25. The largest absolute Gasteiger partial charge is 0.461 e. The number of rotatable bonds is 6. The molecule has 1 aromatic rings. The first kappa shape index (κ1) is 26.3. The standard InChI is InChI=1S/C24H37NO7/c1-20(18-21(2)24(27)32-19-22-6-4-3-5-7-22)23(26)25-8-10-28-12-14-30-16-17-31-15-13-29-11-9-25/h3-7,20-21H,8-19H2,1-2H3/t20-,21+/m0/s1. The summed E-state index contributed by atoms with van der Waals surface area (Å²) < 4.78 is 27.4. The first-order chi connectivity index (χ1) is 15.6. The van der Waals surface area contributed by atoms with Crippen LogP contribution in [0.15, 0.2) is 30.3 Å². The topological polar surface area (TPSA) is 83.5 Å². The Hall–Kier alpha value is -2.00. The van der Waals surface area contributed by atoms with Crippen molar-refractivity contribution in [3.8, 4) is 0 Å². The Morgan fingerprint density at radius 1 is 0.812 bits per heavy atom. The molecule has 32 heavy (non-hydrogen) atoms. The normalized spacial score (nSPS) is 19.2. The van der Waals surface area contributed by atoms with E-state index in [4.69, 9.17) is 23.7 Å². The fourth-order valence-electron chi connectivity index (χ4n) is 3.35. The fourth-order valence-corrected chi connectivity index (χ4v) is 3.35. The summed E-state index contributed by atoms with van der Waals surface area (Å²) in [6.45, 7) is 8.65. The third kappa shape index (κ3) is 10.5. The smallest absolute Gasteiger partial charge is 0.309 e. The Labute approximate surface area is 191 Å². The van der Waals surface area contributed by atoms with Gasteiger partial charge < -0.3 is 28.6 Å². The molecule has 0 N–H and O–H groups in total. The van der Waals surface area contributed by atoms with Gasteiger partial charge in [-0.15, -0.1) is 0 Å². The van der Waals surface area contributed by atoms with Crippen LogP contribution in [0.2, 0.25) is 0 Å². The molecule has 0 bridgehead atoms. The molecule has 8 nitrogen and oxygen atoms in total. The zero-order valence-corrected chi connectivity index (χ0v) is 19.3. The van der Waals surface area contributed by atoms with Crippen molar-refractivity contribution in [2.24, 2.45) is 11.8 Å². The Morgan fingerprint density at radius 2 is 1.31 bits per heavy atom. The second-order valence-electron chi connectivity index (χ2n) is 7.91. The number of amides is 1. The number of hydrogen-bond donors (Lipinski definition) is 0. The summed E-state index contributed by atoms with van der Waals surface area (Å²) in [6, 6.07) is 9.55. The van der Waals surface area contributed by atoms with Gasteiger partial charge in [0.15, 0.2) is 0 Å². The molecule has 2 atom stereocenters. The number of esters is 1. The maximum Gasteiger partial charge on any atom is 0.309 e. The van der Waals surface area contributed by atoms with Gasteiger partial charge in [0, 0.05) is 19.0 Å². The van der Waals surface area contributed by atoms with Crippen molar-refractivity contribution in [1.29, 1.82) is 0 Å². The molecule has 8 heteroatoms. The SMILES string of the molecule is C[C@H](C[C@H](C)C(=O)N1CCOCCOCCOCCOCC1)C(=O)OCc1ccccc1. The van der Waals surface area contributed by atoms with Crippen LogP contribution in [0.1, 0.15) is 25.8 Å². The number of hydrogen-bond acceptors (Lipinski definition) is 7. The lowest BCUT2D eigenvalue weighted by atomic mass is 9.96. The molecule has 1 aliphatic rings. The minimum absolute atomic E-state index is 0.0169. The highest BCUT2D eigenvalue weighted by atomic mass is 16.6. The minimum atomic E-state index is -0.372. The Bertz CT molecular complexity index is 639. The van der Waals surface area contributed by atoms with Gasteiger partial charge in [0.2, 0.25) is 5.91 Å². The van der Waals surface area contributed by atoms with Crippen molar-refractivity contribution in [3.63, 3.8) is 0 Å². The molecular formula is C24H37NO7. The summed E-state index contributed by atoms with van der Waals surface area (Å²) in [5.41, 5.74) is 0.939. The molecule has 1 saturated heterocycles. The summed E-state index contributed by atoms with van der Waals surface area (Å²) in [7, 11) is 0. The highest BCUT2D eigenvalue weighted by Crippen LogP contribution is 2.17. The van der Waals surface area contributed by atoms with Crippen molar-refractivity contribution in [2.45, 2.75) is 26.9 Å². The third-order valence-corrected chi connectivity index (χ3v) is 5.19. The molecule has 1 heterocycles. The van der Waals surface area contributed by atoms with Gasteiger partial charge in [-0.3, -0.25) is 9.59 Å². The molecule has 1 fully saturated rings. The fraction of sp³-hybridized carbons (Fsp3) is 0.667. The number of benzene rings is 1. The second-order valence-corrected chi connectivity index (χ2v) is 7.91. The molecular weight excluding hydrogens is 414 g/mol. The quantitative estimate of drug-likeness (QED) is 0.614. The van der Waals surface area contributed by atoms with E-state index in [0.717, 1.165) is 5.56 Å². The first-order valence-electron chi connectivity index (χ1n) is 11.4. The zero-order valence-electron chi connectivity index (χ0n) is 19.3. The lowest BCUT2D eigenvalue weighted by Crippen LogP contribution is -2.40. The summed E-state index contributed by atoms with van der Waals surface area (Å²) in [5, 5.41) is 0. The molecule has 0 spiro atoms. The average Bonchev–Trinajstić information content (AvgIpc) is 2.82. The van der Waals surface area contributed by atoms with Crippen molar-refractivity contribution < 1.29 is 33.3 Å². The van der Waals surface area contributed by atoms with Crippen molar-refractivity contribution in [2.75, 3.05) is 65.9 Å². The monoisotopic (exact) mass is 451 g/mol. The predicted octanol–water partition coefficient (Wildman–Crippen LogP) is 2.30. The van der Waals surface area contributed by atoms with Crippen LogP contribution in [0.4, 0.5) is 0 Å². The number of nitrogens with zero attached hydrogens (tertiary/aromatic N) is 1. The van der Waals surface area contributed by atoms with E-state index >= 15 is 0 Å². The summed E-state index contributed by atoms with van der Waals surface area (Å²) >= 11 is 0. The molecule has 1 aliphatic heterocycles. The van der Waals surface area contributed by atoms with Crippen LogP contribution in [-0.2, 0) is 39.9 Å². The summed E-state index contributed by atoms with van der Waals surface area (Å²) in [5.74, 6) is -1.00. The molecule has 1 aromatic carbocycles. The van der Waals surface area contributed by atoms with Gasteiger partial charge in [0.05, 0.1) is 58.8 Å². The lowest BCUT2D eigenvalue weighted by molar-refractivity contribution is -0.150. The molecule has 1 amide bonds. The Balaban J connectivity index is 1.80. The summed E-state index contributed by atoms with van der Waals surface area (Å²) in [6.07, 6.45) is 0.423. The lowest BCUT2D eigenvalue weighted by Gasteiger charge is -2.26. The molecule has 0 aliphatic carbocycles. The number of carbonyl (C=O) groups is 2.